The van der Waals surface area contributed by atoms with Gasteiger partial charge in [0.25, 0.3) is 0 Å². The molecule has 0 fully saturated rings. The lowest BCUT2D eigenvalue weighted by Crippen LogP contribution is -2.03. The summed E-state index contributed by atoms with van der Waals surface area (Å²) in [6.45, 7) is 0. The minimum atomic E-state index is -0.467. The SMILES string of the molecule is COc1ccc([C@H](C#N)c2ccc(C(=O)c3ccccc3)cc2)cc1OC. The monoisotopic (exact) mass is 357 g/mol. The van der Waals surface area contributed by atoms with Gasteiger partial charge in [0.15, 0.2) is 17.3 Å². The minimum absolute atomic E-state index is 0.0400. The molecule has 134 valence electrons. The van der Waals surface area contributed by atoms with E-state index >= 15 is 0 Å². The minimum Gasteiger partial charge on any atom is -0.493 e. The number of carbonyl (C=O) groups is 1. The first-order chi connectivity index (χ1) is 13.2. The van der Waals surface area contributed by atoms with E-state index in [-0.39, 0.29) is 5.78 Å². The van der Waals surface area contributed by atoms with Crippen molar-refractivity contribution in [2.75, 3.05) is 14.2 Å². The van der Waals surface area contributed by atoms with Crippen LogP contribution in [0.5, 0.6) is 11.5 Å². The number of hydrogen-bond acceptors (Lipinski definition) is 4. The molecule has 3 aromatic carbocycles. The lowest BCUT2D eigenvalue weighted by molar-refractivity contribution is 0.103. The molecule has 0 aromatic heterocycles. The zero-order chi connectivity index (χ0) is 19.2. The van der Waals surface area contributed by atoms with Gasteiger partial charge in [0.1, 0.15) is 0 Å². The van der Waals surface area contributed by atoms with Crippen molar-refractivity contribution in [2.45, 2.75) is 5.92 Å². The maximum absolute atomic E-state index is 12.5. The summed E-state index contributed by atoms with van der Waals surface area (Å²) in [7, 11) is 3.13. The Morgan fingerprint density at radius 3 is 2.00 bits per heavy atom. The zero-order valence-electron chi connectivity index (χ0n) is 15.2. The van der Waals surface area contributed by atoms with Gasteiger partial charge >= 0.3 is 0 Å². The van der Waals surface area contributed by atoms with Crippen molar-refractivity contribution in [3.63, 3.8) is 0 Å². The number of nitrogens with zero attached hydrogens (tertiary/aromatic N) is 1. The van der Waals surface area contributed by atoms with Crippen LogP contribution < -0.4 is 9.47 Å². The van der Waals surface area contributed by atoms with Gasteiger partial charge in [0.05, 0.1) is 26.2 Å². The second-order valence-corrected chi connectivity index (χ2v) is 5.99. The molecule has 4 heteroatoms. The summed E-state index contributed by atoms with van der Waals surface area (Å²) >= 11 is 0. The van der Waals surface area contributed by atoms with E-state index in [4.69, 9.17) is 9.47 Å². The van der Waals surface area contributed by atoms with Crippen LogP contribution in [0.15, 0.2) is 72.8 Å². The smallest absolute Gasteiger partial charge is 0.193 e. The Hall–Kier alpha value is -3.58. The summed E-state index contributed by atoms with van der Waals surface area (Å²) < 4.78 is 10.6. The number of benzene rings is 3. The van der Waals surface area contributed by atoms with Gasteiger partial charge in [-0.3, -0.25) is 4.79 Å². The number of ketones is 1. The van der Waals surface area contributed by atoms with Crippen molar-refractivity contribution >= 4 is 5.78 Å². The summed E-state index contributed by atoms with van der Waals surface area (Å²) in [5.41, 5.74) is 2.85. The van der Waals surface area contributed by atoms with E-state index in [1.54, 1.807) is 50.6 Å². The van der Waals surface area contributed by atoms with Gasteiger partial charge in [-0.1, -0.05) is 60.7 Å². The lowest BCUT2D eigenvalue weighted by Gasteiger charge is -2.14. The molecule has 0 saturated heterocycles. The van der Waals surface area contributed by atoms with Gasteiger partial charge in [-0.15, -0.1) is 0 Å². The molecule has 0 aliphatic carbocycles. The molecule has 27 heavy (non-hydrogen) atoms. The van der Waals surface area contributed by atoms with Crippen LogP contribution in [-0.4, -0.2) is 20.0 Å². The molecule has 0 spiro atoms. The highest BCUT2D eigenvalue weighted by molar-refractivity contribution is 6.08. The van der Waals surface area contributed by atoms with Gasteiger partial charge in [0.2, 0.25) is 0 Å². The van der Waals surface area contributed by atoms with E-state index in [0.29, 0.717) is 22.6 Å². The van der Waals surface area contributed by atoms with Crippen LogP contribution in [0.4, 0.5) is 0 Å². The molecule has 3 rings (SSSR count). The van der Waals surface area contributed by atoms with Crippen LogP contribution in [-0.2, 0) is 0 Å². The number of nitriles is 1. The average Bonchev–Trinajstić information content (AvgIpc) is 2.74. The molecule has 0 aliphatic heterocycles. The van der Waals surface area contributed by atoms with E-state index in [9.17, 15) is 10.1 Å². The maximum Gasteiger partial charge on any atom is 0.193 e. The predicted molar refractivity (Wildman–Crippen MR) is 103 cm³/mol. The predicted octanol–water partition coefficient (Wildman–Crippen LogP) is 4.59. The fraction of sp³-hybridized carbons (Fsp3) is 0.130. The molecule has 0 heterocycles. The summed E-state index contributed by atoms with van der Waals surface area (Å²) in [5, 5.41) is 9.69. The van der Waals surface area contributed by atoms with E-state index in [1.807, 2.05) is 36.4 Å². The molecule has 0 radical (unpaired) electrons. The van der Waals surface area contributed by atoms with Crippen molar-refractivity contribution in [2.24, 2.45) is 0 Å². The van der Waals surface area contributed by atoms with Crippen LogP contribution >= 0.6 is 0 Å². The fourth-order valence-electron chi connectivity index (χ4n) is 2.96. The summed E-state index contributed by atoms with van der Waals surface area (Å²) in [5.74, 6) is 0.681. The van der Waals surface area contributed by atoms with Crippen LogP contribution in [0.2, 0.25) is 0 Å². The third-order valence-corrected chi connectivity index (χ3v) is 4.41. The topological polar surface area (TPSA) is 59.3 Å². The van der Waals surface area contributed by atoms with E-state index in [1.165, 1.54) is 0 Å². The molecule has 0 aliphatic rings. The third kappa shape index (κ3) is 3.83. The average molecular weight is 357 g/mol. The molecule has 1 atom stereocenters. The number of rotatable bonds is 6. The van der Waals surface area contributed by atoms with Crippen LogP contribution in [0.1, 0.15) is 33.0 Å². The first kappa shape index (κ1) is 18.2. The maximum atomic E-state index is 12.5. The van der Waals surface area contributed by atoms with E-state index in [2.05, 4.69) is 6.07 Å². The molecule has 4 nitrogen and oxygen atoms in total. The van der Waals surface area contributed by atoms with Crippen molar-refractivity contribution < 1.29 is 14.3 Å². The second-order valence-electron chi connectivity index (χ2n) is 5.99. The van der Waals surface area contributed by atoms with Gasteiger partial charge in [-0.2, -0.15) is 5.26 Å². The second kappa shape index (κ2) is 8.20. The number of methoxy groups -OCH3 is 2. The molecule has 0 amide bonds. The highest BCUT2D eigenvalue weighted by Crippen LogP contribution is 2.33. The summed E-state index contributed by atoms with van der Waals surface area (Å²) in [4.78, 5) is 12.5. The third-order valence-electron chi connectivity index (χ3n) is 4.41. The van der Waals surface area contributed by atoms with Crippen molar-refractivity contribution in [1.29, 1.82) is 5.26 Å². The Kier molecular flexibility index (Phi) is 5.53. The molecule has 0 N–H and O–H groups in total. The summed E-state index contributed by atoms with van der Waals surface area (Å²) in [6, 6.07) is 24.0. The molecule has 0 bridgehead atoms. The molecular weight excluding hydrogens is 338 g/mol. The lowest BCUT2D eigenvalue weighted by atomic mass is 9.91. The Morgan fingerprint density at radius 1 is 0.815 bits per heavy atom. The highest BCUT2D eigenvalue weighted by atomic mass is 16.5. The van der Waals surface area contributed by atoms with Crippen molar-refractivity contribution in [3.8, 4) is 17.6 Å². The Balaban J connectivity index is 1.89. The molecule has 0 saturated carbocycles. The van der Waals surface area contributed by atoms with Gasteiger partial charge in [-0.05, 0) is 23.3 Å². The first-order valence-corrected chi connectivity index (χ1v) is 8.49. The molecular formula is C23H19NO3. The Morgan fingerprint density at radius 2 is 1.41 bits per heavy atom. The van der Waals surface area contributed by atoms with Gasteiger partial charge < -0.3 is 9.47 Å². The van der Waals surface area contributed by atoms with E-state index < -0.39 is 5.92 Å². The zero-order valence-corrected chi connectivity index (χ0v) is 15.2. The summed E-state index contributed by atoms with van der Waals surface area (Å²) in [6.07, 6.45) is 0. The number of ether oxygens (including phenoxy) is 2. The van der Waals surface area contributed by atoms with Crippen LogP contribution in [0.3, 0.4) is 0 Å². The number of hydrogen-bond donors (Lipinski definition) is 0. The Labute approximate surface area is 158 Å². The van der Waals surface area contributed by atoms with Crippen LogP contribution in [0.25, 0.3) is 0 Å². The van der Waals surface area contributed by atoms with Crippen molar-refractivity contribution in [1.82, 2.24) is 0 Å². The van der Waals surface area contributed by atoms with Gasteiger partial charge in [-0.25, -0.2) is 0 Å². The largest absolute Gasteiger partial charge is 0.493 e. The van der Waals surface area contributed by atoms with E-state index in [0.717, 1.165) is 11.1 Å². The Bertz CT molecular complexity index is 973. The quantitative estimate of drug-likeness (QED) is 0.606. The highest BCUT2D eigenvalue weighted by Gasteiger charge is 2.17. The number of carbonyl (C=O) groups excluding carboxylic acids is 1. The standard InChI is InChI=1S/C23H19NO3/c1-26-21-13-12-19(14-22(21)27-2)20(15-24)16-8-10-18(11-9-16)23(25)17-6-4-3-5-7-17/h3-14,20H,1-2H3/t20-/m1/s1. The molecule has 0 unspecified atom stereocenters. The molecule has 3 aromatic rings. The normalized spacial score (nSPS) is 11.3. The first-order valence-electron chi connectivity index (χ1n) is 8.49. The fourth-order valence-corrected chi connectivity index (χ4v) is 2.96. The van der Waals surface area contributed by atoms with Crippen molar-refractivity contribution in [3.05, 3.63) is 95.1 Å². The van der Waals surface area contributed by atoms with Crippen LogP contribution in [0, 0.1) is 11.3 Å². The van der Waals surface area contributed by atoms with Gasteiger partial charge in [0, 0.05) is 11.1 Å².